The monoisotopic (exact) mass is 697 g/mol. The first-order chi connectivity index (χ1) is 20.4. The Labute approximate surface area is 267 Å². The van der Waals surface area contributed by atoms with E-state index in [-0.39, 0.29) is 23.9 Å². The van der Waals surface area contributed by atoms with Crippen LogP contribution in [0.1, 0.15) is 71.8 Å². The van der Waals surface area contributed by atoms with Crippen molar-refractivity contribution in [1.29, 1.82) is 0 Å². The van der Waals surface area contributed by atoms with E-state index < -0.39 is 5.60 Å². The number of carbonyl (C=O) groups is 2. The number of ether oxygens (including phenoxy) is 2. The van der Waals surface area contributed by atoms with E-state index in [4.69, 9.17) is 14.5 Å². The number of carbonyl (C=O) groups excluding carboxylic acids is 2. The summed E-state index contributed by atoms with van der Waals surface area (Å²) in [6.45, 7) is 11.3. The van der Waals surface area contributed by atoms with Gasteiger partial charge in [-0.2, -0.15) is 0 Å². The summed E-state index contributed by atoms with van der Waals surface area (Å²) in [5, 5.41) is 4.65. The van der Waals surface area contributed by atoms with Gasteiger partial charge < -0.3 is 14.4 Å². The number of fused-ring (bicyclic) bond motifs is 1. The number of anilines is 3. The molecule has 0 atom stereocenters. The number of aryl methyl sites for hydroxylation is 2. The Kier molecular flexibility index (Phi) is 9.20. The van der Waals surface area contributed by atoms with E-state index in [0.29, 0.717) is 30.1 Å². The number of pyridine rings is 1. The van der Waals surface area contributed by atoms with Crippen molar-refractivity contribution >= 4 is 62.7 Å². The number of nitrogens with zero attached hydrogens (tertiary/aromatic N) is 5. The van der Waals surface area contributed by atoms with Gasteiger partial charge in [0, 0.05) is 23.7 Å². The molecule has 0 spiro atoms. The lowest BCUT2D eigenvalue weighted by Gasteiger charge is -2.29. The average Bonchev–Trinajstić information content (AvgIpc) is 3.59. The van der Waals surface area contributed by atoms with Crippen LogP contribution in [-0.4, -0.2) is 51.4 Å². The van der Waals surface area contributed by atoms with E-state index in [1.807, 2.05) is 40.0 Å². The zero-order valence-corrected chi connectivity index (χ0v) is 28.0. The zero-order valence-electron chi connectivity index (χ0n) is 25.9. The van der Waals surface area contributed by atoms with Crippen molar-refractivity contribution in [2.75, 3.05) is 22.9 Å². The predicted octanol–water partition coefficient (Wildman–Crippen LogP) is 6.45. The lowest BCUT2D eigenvalue weighted by atomic mass is 9.87. The standard InChI is InChI=1S/C33H40IN5O4/c1-7-10-29(40)39(27-19-21(2)24(34)20-26(27)38-17-8-9-18-38)28-16-15-25-30(35-28)31(36-37(25)6)42-23-13-11-22(12-14-23)32(41)43-33(3,4)5/h15-16,19-20,22-23H,8-9,11-14,17-18H2,1-6H3/t22-,23-. The van der Waals surface area contributed by atoms with Crippen molar-refractivity contribution in [3.8, 4) is 17.7 Å². The van der Waals surface area contributed by atoms with Gasteiger partial charge in [0.15, 0.2) is 5.52 Å². The lowest BCUT2D eigenvalue weighted by Crippen LogP contribution is -2.33. The molecule has 1 saturated carbocycles. The van der Waals surface area contributed by atoms with E-state index >= 15 is 0 Å². The lowest BCUT2D eigenvalue weighted by molar-refractivity contribution is -0.161. The summed E-state index contributed by atoms with van der Waals surface area (Å²) >= 11 is 2.35. The molecule has 0 N–H and O–H groups in total. The smallest absolute Gasteiger partial charge is 0.309 e. The number of hydrogen-bond donors (Lipinski definition) is 0. The molecule has 2 fully saturated rings. The highest BCUT2D eigenvalue weighted by molar-refractivity contribution is 14.1. The summed E-state index contributed by atoms with van der Waals surface area (Å²) < 4.78 is 14.9. The van der Waals surface area contributed by atoms with Gasteiger partial charge >= 0.3 is 11.9 Å². The van der Waals surface area contributed by atoms with Crippen LogP contribution in [-0.2, 0) is 21.4 Å². The molecule has 3 aromatic rings. The molecule has 1 amide bonds. The molecular weight excluding hydrogens is 657 g/mol. The molecule has 1 aliphatic heterocycles. The summed E-state index contributed by atoms with van der Waals surface area (Å²) in [6.07, 6.45) is 4.99. The molecule has 2 aliphatic rings. The van der Waals surface area contributed by atoms with Gasteiger partial charge in [-0.3, -0.25) is 19.2 Å². The summed E-state index contributed by atoms with van der Waals surface area (Å²) in [5.41, 5.74) is 3.74. The van der Waals surface area contributed by atoms with Crippen LogP contribution in [0, 0.1) is 28.3 Å². The molecule has 2 aromatic heterocycles. The van der Waals surface area contributed by atoms with Crippen molar-refractivity contribution in [3.63, 3.8) is 0 Å². The number of esters is 1. The Morgan fingerprint density at radius 3 is 2.44 bits per heavy atom. The fourth-order valence-corrected chi connectivity index (χ4v) is 6.26. The van der Waals surface area contributed by atoms with Crippen LogP contribution in [0.25, 0.3) is 11.0 Å². The van der Waals surface area contributed by atoms with Gasteiger partial charge in [0.2, 0.25) is 0 Å². The third kappa shape index (κ3) is 6.92. The number of rotatable bonds is 6. The van der Waals surface area contributed by atoms with Gasteiger partial charge in [0.1, 0.15) is 17.5 Å². The van der Waals surface area contributed by atoms with E-state index in [9.17, 15) is 9.59 Å². The topological polar surface area (TPSA) is 89.8 Å². The molecule has 10 heteroatoms. The van der Waals surface area contributed by atoms with Crippen molar-refractivity contribution in [1.82, 2.24) is 14.8 Å². The first-order valence-electron chi connectivity index (χ1n) is 15.0. The third-order valence-corrected chi connectivity index (χ3v) is 9.11. The van der Waals surface area contributed by atoms with Gasteiger partial charge in [0.05, 0.1) is 22.8 Å². The minimum absolute atomic E-state index is 0.0912. The number of hydrogen-bond acceptors (Lipinski definition) is 7. The SMILES string of the molecule is CC#CC(=O)N(c1ccc2c(n1)c(O[C@H]1CC[C@H](C(=O)OC(C)(C)C)CC1)nn2C)c1cc(C)c(I)cc1N1CCCC1. The second-order valence-corrected chi connectivity index (χ2v) is 13.6. The fourth-order valence-electron chi connectivity index (χ4n) is 5.81. The Morgan fingerprint density at radius 1 is 1.09 bits per heavy atom. The third-order valence-electron chi connectivity index (χ3n) is 7.95. The van der Waals surface area contributed by atoms with Crippen molar-refractivity contribution < 1.29 is 19.1 Å². The largest absolute Gasteiger partial charge is 0.472 e. The molecule has 228 valence electrons. The summed E-state index contributed by atoms with van der Waals surface area (Å²) in [6, 6.07) is 7.98. The molecule has 1 saturated heterocycles. The predicted molar refractivity (Wildman–Crippen MR) is 177 cm³/mol. The van der Waals surface area contributed by atoms with Crippen molar-refractivity contribution in [2.45, 2.75) is 84.8 Å². The Bertz CT molecular complexity index is 1580. The van der Waals surface area contributed by atoms with Crippen LogP contribution in [0.3, 0.4) is 0 Å². The second-order valence-electron chi connectivity index (χ2n) is 12.4. The van der Waals surface area contributed by atoms with Crippen LogP contribution in [0.5, 0.6) is 5.88 Å². The Morgan fingerprint density at radius 2 is 1.79 bits per heavy atom. The average molecular weight is 698 g/mol. The molecule has 1 aromatic carbocycles. The highest BCUT2D eigenvalue weighted by atomic mass is 127. The molecule has 9 nitrogen and oxygen atoms in total. The maximum Gasteiger partial charge on any atom is 0.309 e. The Balaban J connectivity index is 1.47. The van der Waals surface area contributed by atoms with Crippen molar-refractivity contribution in [2.24, 2.45) is 13.0 Å². The highest BCUT2D eigenvalue weighted by Crippen LogP contribution is 2.39. The molecule has 43 heavy (non-hydrogen) atoms. The minimum atomic E-state index is -0.495. The molecule has 0 radical (unpaired) electrons. The number of aromatic nitrogens is 3. The van der Waals surface area contributed by atoms with Crippen LogP contribution < -0.4 is 14.5 Å². The van der Waals surface area contributed by atoms with Crippen LogP contribution in [0.4, 0.5) is 17.2 Å². The Hall–Kier alpha value is -3.33. The van der Waals surface area contributed by atoms with E-state index in [2.05, 4.69) is 63.5 Å². The molecule has 0 bridgehead atoms. The minimum Gasteiger partial charge on any atom is -0.472 e. The molecular formula is C33H40IN5O4. The van der Waals surface area contributed by atoms with Crippen LogP contribution >= 0.6 is 22.6 Å². The van der Waals surface area contributed by atoms with Gasteiger partial charge in [-0.25, -0.2) is 4.98 Å². The summed E-state index contributed by atoms with van der Waals surface area (Å²) in [7, 11) is 1.86. The first-order valence-corrected chi connectivity index (χ1v) is 16.1. The highest BCUT2D eigenvalue weighted by Gasteiger charge is 2.32. The molecule has 0 unspecified atom stereocenters. The molecule has 1 aliphatic carbocycles. The first kappa shape index (κ1) is 31.1. The van der Waals surface area contributed by atoms with Crippen molar-refractivity contribution in [3.05, 3.63) is 33.4 Å². The molecule has 3 heterocycles. The van der Waals surface area contributed by atoms with Gasteiger partial charge in [0.25, 0.3) is 5.88 Å². The quantitative estimate of drug-likeness (QED) is 0.166. The van der Waals surface area contributed by atoms with Crippen LogP contribution in [0.2, 0.25) is 0 Å². The normalized spacial score (nSPS) is 18.7. The maximum atomic E-state index is 13.6. The van der Waals surface area contributed by atoms with Gasteiger partial charge in [-0.1, -0.05) is 5.92 Å². The summed E-state index contributed by atoms with van der Waals surface area (Å²) in [5.74, 6) is 5.80. The number of amides is 1. The second kappa shape index (κ2) is 12.7. The van der Waals surface area contributed by atoms with E-state index in [1.165, 1.54) is 0 Å². The number of benzene rings is 1. The fraction of sp³-hybridized carbons (Fsp3) is 0.515. The van der Waals surface area contributed by atoms with E-state index in [1.54, 1.807) is 16.5 Å². The maximum absolute atomic E-state index is 13.6. The number of halogens is 1. The van der Waals surface area contributed by atoms with Crippen LogP contribution in [0.15, 0.2) is 24.3 Å². The van der Waals surface area contributed by atoms with Gasteiger partial charge in [-0.05, 0) is 131 Å². The molecule has 5 rings (SSSR count). The zero-order chi connectivity index (χ0) is 30.9. The van der Waals surface area contributed by atoms with Gasteiger partial charge in [-0.15, -0.1) is 5.10 Å². The van der Waals surface area contributed by atoms with E-state index in [0.717, 1.165) is 64.8 Å². The summed E-state index contributed by atoms with van der Waals surface area (Å²) in [4.78, 5) is 35.2.